The number of hydrogen-bond acceptors (Lipinski definition) is 2. The van der Waals surface area contributed by atoms with E-state index in [9.17, 15) is 0 Å². The molecule has 0 amide bonds. The molecule has 0 aliphatic carbocycles. The van der Waals surface area contributed by atoms with Crippen molar-refractivity contribution >= 4 is 15.9 Å². The molecule has 0 spiro atoms. The monoisotopic (exact) mass is 283 g/mol. The van der Waals surface area contributed by atoms with E-state index in [1.165, 1.54) is 11.1 Å². The van der Waals surface area contributed by atoms with Crippen LogP contribution in [0, 0.1) is 6.92 Å². The maximum absolute atomic E-state index is 5.38. The average molecular weight is 284 g/mol. The Bertz CT molecular complexity index is 367. The smallest absolute Gasteiger partial charge is 0.0710 e. The Balaban J connectivity index is 1.99. The minimum absolute atomic E-state index is 0.427. The van der Waals surface area contributed by atoms with Gasteiger partial charge in [0, 0.05) is 31.2 Å². The minimum atomic E-state index is 0.427. The van der Waals surface area contributed by atoms with Gasteiger partial charge in [-0.3, -0.25) is 4.90 Å². The number of aryl methyl sites for hydroxylation is 1. The van der Waals surface area contributed by atoms with Gasteiger partial charge >= 0.3 is 0 Å². The van der Waals surface area contributed by atoms with E-state index in [0.29, 0.717) is 6.10 Å². The van der Waals surface area contributed by atoms with Crippen LogP contribution < -0.4 is 0 Å². The van der Waals surface area contributed by atoms with Gasteiger partial charge in [0.1, 0.15) is 0 Å². The van der Waals surface area contributed by atoms with Crippen LogP contribution in [0.25, 0.3) is 0 Å². The number of methoxy groups -OCH3 is 1. The van der Waals surface area contributed by atoms with Crippen molar-refractivity contribution in [1.29, 1.82) is 0 Å². The molecule has 1 fully saturated rings. The summed E-state index contributed by atoms with van der Waals surface area (Å²) in [6.45, 7) is 5.42. The van der Waals surface area contributed by atoms with Crippen LogP contribution in [0.2, 0.25) is 0 Å². The van der Waals surface area contributed by atoms with Gasteiger partial charge in [-0.2, -0.15) is 0 Å². The van der Waals surface area contributed by atoms with E-state index in [1.54, 1.807) is 7.11 Å². The molecule has 88 valence electrons. The summed E-state index contributed by atoms with van der Waals surface area (Å²) in [6.07, 6.45) is 1.59. The third-order valence-corrected chi connectivity index (χ3v) is 3.75. The molecule has 1 aliphatic heterocycles. The van der Waals surface area contributed by atoms with Crippen LogP contribution in [-0.2, 0) is 11.3 Å². The molecule has 1 aromatic rings. The van der Waals surface area contributed by atoms with E-state index in [2.05, 4.69) is 46.0 Å². The number of halogens is 1. The van der Waals surface area contributed by atoms with Gasteiger partial charge in [-0.25, -0.2) is 0 Å². The lowest BCUT2D eigenvalue weighted by Crippen LogP contribution is -2.22. The summed E-state index contributed by atoms with van der Waals surface area (Å²) in [7, 11) is 1.80. The molecule has 16 heavy (non-hydrogen) atoms. The van der Waals surface area contributed by atoms with Crippen molar-refractivity contribution in [2.75, 3.05) is 20.2 Å². The molecule has 0 N–H and O–H groups in total. The topological polar surface area (TPSA) is 12.5 Å². The summed E-state index contributed by atoms with van der Waals surface area (Å²) in [4.78, 5) is 2.46. The van der Waals surface area contributed by atoms with E-state index in [1.807, 2.05) is 0 Å². The number of likely N-dealkylation sites (tertiary alicyclic amines) is 1. The molecular weight excluding hydrogens is 266 g/mol. The lowest BCUT2D eigenvalue weighted by atomic mass is 10.1. The summed E-state index contributed by atoms with van der Waals surface area (Å²) in [5, 5.41) is 0. The van der Waals surface area contributed by atoms with Crippen LogP contribution in [0.4, 0.5) is 0 Å². The third-order valence-electron chi connectivity index (χ3n) is 3.26. The SMILES string of the molecule is COC1CCN(Cc2ccc(Br)cc2C)C1. The van der Waals surface area contributed by atoms with E-state index < -0.39 is 0 Å². The average Bonchev–Trinajstić information content (AvgIpc) is 2.70. The molecule has 0 radical (unpaired) electrons. The maximum Gasteiger partial charge on any atom is 0.0710 e. The van der Waals surface area contributed by atoms with Crippen LogP contribution in [0.15, 0.2) is 22.7 Å². The molecule has 1 atom stereocenters. The van der Waals surface area contributed by atoms with Crippen LogP contribution >= 0.6 is 15.9 Å². The number of rotatable bonds is 3. The second-order valence-electron chi connectivity index (χ2n) is 4.45. The molecule has 0 saturated carbocycles. The van der Waals surface area contributed by atoms with Gasteiger partial charge in [-0.05, 0) is 36.6 Å². The second kappa shape index (κ2) is 5.30. The van der Waals surface area contributed by atoms with Gasteiger partial charge < -0.3 is 4.74 Å². The Morgan fingerprint density at radius 3 is 2.94 bits per heavy atom. The van der Waals surface area contributed by atoms with Crippen molar-refractivity contribution in [3.05, 3.63) is 33.8 Å². The lowest BCUT2D eigenvalue weighted by molar-refractivity contribution is 0.107. The van der Waals surface area contributed by atoms with Crippen molar-refractivity contribution in [2.24, 2.45) is 0 Å². The van der Waals surface area contributed by atoms with Gasteiger partial charge in [-0.1, -0.05) is 22.0 Å². The van der Waals surface area contributed by atoms with Gasteiger partial charge in [0.15, 0.2) is 0 Å². The molecule has 2 rings (SSSR count). The van der Waals surface area contributed by atoms with Crippen LogP contribution in [0.5, 0.6) is 0 Å². The van der Waals surface area contributed by atoms with Gasteiger partial charge in [0.25, 0.3) is 0 Å². The number of benzene rings is 1. The Morgan fingerprint density at radius 2 is 2.31 bits per heavy atom. The summed E-state index contributed by atoms with van der Waals surface area (Å²) in [5.74, 6) is 0. The van der Waals surface area contributed by atoms with E-state index in [4.69, 9.17) is 4.74 Å². The third kappa shape index (κ3) is 2.84. The zero-order valence-electron chi connectivity index (χ0n) is 9.87. The summed E-state index contributed by atoms with van der Waals surface area (Å²) >= 11 is 3.50. The Morgan fingerprint density at radius 1 is 1.50 bits per heavy atom. The van der Waals surface area contributed by atoms with Crippen LogP contribution in [-0.4, -0.2) is 31.2 Å². The summed E-state index contributed by atoms with van der Waals surface area (Å²) in [6, 6.07) is 6.50. The zero-order chi connectivity index (χ0) is 11.5. The lowest BCUT2D eigenvalue weighted by Gasteiger charge is -2.17. The number of hydrogen-bond donors (Lipinski definition) is 0. The van der Waals surface area contributed by atoms with E-state index in [0.717, 1.165) is 30.5 Å². The minimum Gasteiger partial charge on any atom is -0.380 e. The van der Waals surface area contributed by atoms with E-state index >= 15 is 0 Å². The van der Waals surface area contributed by atoms with Crippen molar-refractivity contribution in [3.8, 4) is 0 Å². The predicted molar refractivity (Wildman–Crippen MR) is 69.6 cm³/mol. The molecule has 1 heterocycles. The molecule has 1 saturated heterocycles. The Hall–Kier alpha value is -0.380. The highest BCUT2D eigenvalue weighted by atomic mass is 79.9. The zero-order valence-corrected chi connectivity index (χ0v) is 11.5. The maximum atomic E-state index is 5.38. The van der Waals surface area contributed by atoms with Crippen molar-refractivity contribution in [2.45, 2.75) is 26.0 Å². The molecular formula is C13H18BrNO. The normalized spacial score (nSPS) is 21.6. The molecule has 1 unspecified atom stereocenters. The fourth-order valence-electron chi connectivity index (χ4n) is 2.21. The molecule has 0 aromatic heterocycles. The van der Waals surface area contributed by atoms with E-state index in [-0.39, 0.29) is 0 Å². The largest absolute Gasteiger partial charge is 0.380 e. The Labute approximate surface area is 106 Å². The highest BCUT2D eigenvalue weighted by molar-refractivity contribution is 9.10. The Kier molecular flexibility index (Phi) is 4.00. The van der Waals surface area contributed by atoms with Crippen molar-refractivity contribution in [1.82, 2.24) is 4.90 Å². The molecule has 1 aromatic carbocycles. The predicted octanol–water partition coefficient (Wildman–Crippen LogP) is 2.98. The highest BCUT2D eigenvalue weighted by Gasteiger charge is 2.22. The molecule has 0 bridgehead atoms. The fraction of sp³-hybridized carbons (Fsp3) is 0.538. The summed E-state index contributed by atoms with van der Waals surface area (Å²) < 4.78 is 6.54. The quantitative estimate of drug-likeness (QED) is 0.846. The second-order valence-corrected chi connectivity index (χ2v) is 5.37. The van der Waals surface area contributed by atoms with Crippen molar-refractivity contribution < 1.29 is 4.74 Å². The van der Waals surface area contributed by atoms with Crippen LogP contribution in [0.1, 0.15) is 17.5 Å². The first-order valence-electron chi connectivity index (χ1n) is 5.69. The summed E-state index contributed by atoms with van der Waals surface area (Å²) in [5.41, 5.74) is 2.77. The highest BCUT2D eigenvalue weighted by Crippen LogP contribution is 2.20. The fourth-order valence-corrected chi connectivity index (χ4v) is 2.69. The van der Waals surface area contributed by atoms with Crippen LogP contribution in [0.3, 0.4) is 0 Å². The first-order valence-corrected chi connectivity index (χ1v) is 6.48. The molecule has 2 nitrogen and oxygen atoms in total. The van der Waals surface area contributed by atoms with Gasteiger partial charge in [0.2, 0.25) is 0 Å². The number of nitrogens with zero attached hydrogens (tertiary/aromatic N) is 1. The van der Waals surface area contributed by atoms with Gasteiger partial charge in [0.05, 0.1) is 6.10 Å². The van der Waals surface area contributed by atoms with Gasteiger partial charge in [-0.15, -0.1) is 0 Å². The molecule has 1 aliphatic rings. The standard InChI is InChI=1S/C13H18BrNO/c1-10-7-12(14)4-3-11(10)8-15-6-5-13(9-15)16-2/h3-4,7,13H,5-6,8-9H2,1-2H3. The van der Waals surface area contributed by atoms with Crippen molar-refractivity contribution in [3.63, 3.8) is 0 Å². The first kappa shape index (κ1) is 12.1. The molecule has 3 heteroatoms. The number of ether oxygens (including phenoxy) is 1. The first-order chi connectivity index (χ1) is 7.69.